The number of carbonyl (C=O) groups is 2. The van der Waals surface area contributed by atoms with E-state index in [1.54, 1.807) is 0 Å². The van der Waals surface area contributed by atoms with Gasteiger partial charge in [-0.25, -0.2) is 4.39 Å². The quantitative estimate of drug-likeness (QED) is 0.425. The highest BCUT2D eigenvalue weighted by molar-refractivity contribution is 6.21. The van der Waals surface area contributed by atoms with E-state index in [2.05, 4.69) is 10.6 Å². The summed E-state index contributed by atoms with van der Waals surface area (Å²) in [5.41, 5.74) is -1.17. The molecule has 3 unspecified atom stereocenters. The maximum atomic E-state index is 13.8. The first-order valence-electron chi connectivity index (χ1n) is 12.6. The first kappa shape index (κ1) is 26.4. The number of carbonyl (C=O) groups excluding carboxylic acids is 2. The van der Waals surface area contributed by atoms with Crippen LogP contribution in [0.25, 0.3) is 0 Å². The summed E-state index contributed by atoms with van der Waals surface area (Å²) in [7, 11) is 0. The normalized spacial score (nSPS) is 42.2. The van der Waals surface area contributed by atoms with Crippen LogP contribution in [-0.2, 0) is 19.1 Å². The highest BCUT2D eigenvalue weighted by atomic mass is 35.5. The molecule has 0 saturated heterocycles. The fraction of sp³-hybridized carbons (Fsp3) is 0.917. The van der Waals surface area contributed by atoms with Crippen molar-refractivity contribution in [3.05, 3.63) is 0 Å². The Morgan fingerprint density at radius 1 is 0.882 bits per heavy atom. The number of rotatable bonds is 8. The molecule has 5 aliphatic carbocycles. The number of halogens is 3. The van der Waals surface area contributed by atoms with Crippen LogP contribution < -0.4 is 10.6 Å². The molecule has 3 N–H and O–H groups in total. The maximum absolute atomic E-state index is 13.8. The lowest BCUT2D eigenvalue weighted by molar-refractivity contribution is -0.142. The SMILES string of the molecule is O=C(COC1CCC(Cl)CC1)NC12CCC(NC(=O)COC3CCC(Cl)C(F)C3)(CC1)[C@@H](O)C2. The van der Waals surface area contributed by atoms with Crippen molar-refractivity contribution in [2.75, 3.05) is 13.2 Å². The number of alkyl halides is 3. The van der Waals surface area contributed by atoms with Gasteiger partial charge in [0.25, 0.3) is 0 Å². The molecule has 2 bridgehead atoms. The van der Waals surface area contributed by atoms with Crippen LogP contribution in [0.2, 0.25) is 0 Å². The molecule has 5 fully saturated rings. The zero-order valence-electron chi connectivity index (χ0n) is 19.6. The number of hydrogen-bond acceptors (Lipinski definition) is 5. The van der Waals surface area contributed by atoms with Gasteiger partial charge in [0.2, 0.25) is 11.8 Å². The minimum absolute atomic E-state index is 0.0139. The second-order valence-corrected chi connectivity index (χ2v) is 11.9. The van der Waals surface area contributed by atoms with Crippen LogP contribution in [0.4, 0.5) is 4.39 Å². The maximum Gasteiger partial charge on any atom is 0.246 e. The second-order valence-electron chi connectivity index (χ2n) is 10.7. The number of ether oxygens (including phenoxy) is 2. The molecule has 7 nitrogen and oxygen atoms in total. The summed E-state index contributed by atoms with van der Waals surface area (Å²) in [6, 6.07) is 0. The Hall–Kier alpha value is -0.670. The van der Waals surface area contributed by atoms with Crippen LogP contribution in [-0.4, -0.2) is 76.5 Å². The number of aliphatic hydroxyl groups is 1. The van der Waals surface area contributed by atoms with E-state index in [0.717, 1.165) is 25.7 Å². The van der Waals surface area contributed by atoms with Gasteiger partial charge in [0.1, 0.15) is 19.4 Å². The molecule has 194 valence electrons. The Labute approximate surface area is 210 Å². The topological polar surface area (TPSA) is 96.9 Å². The molecule has 5 rings (SSSR count). The summed E-state index contributed by atoms with van der Waals surface area (Å²) in [6.45, 7) is -0.149. The fourth-order valence-electron chi connectivity index (χ4n) is 6.08. The monoisotopic (exact) mass is 522 g/mol. The van der Waals surface area contributed by atoms with Gasteiger partial charge in [-0.2, -0.15) is 0 Å². The van der Waals surface area contributed by atoms with Crippen LogP contribution in [0.5, 0.6) is 0 Å². The van der Waals surface area contributed by atoms with Crippen LogP contribution in [0.3, 0.4) is 0 Å². The van der Waals surface area contributed by atoms with Gasteiger partial charge in [-0.05, 0) is 70.6 Å². The molecule has 5 saturated carbocycles. The average molecular weight is 523 g/mol. The number of nitrogens with one attached hydrogen (secondary N) is 2. The van der Waals surface area contributed by atoms with Gasteiger partial charge < -0.3 is 25.2 Å². The van der Waals surface area contributed by atoms with Gasteiger partial charge in [-0.1, -0.05) is 0 Å². The van der Waals surface area contributed by atoms with Crippen LogP contribution in [0.15, 0.2) is 0 Å². The van der Waals surface area contributed by atoms with Crippen LogP contribution in [0.1, 0.15) is 77.0 Å². The largest absolute Gasteiger partial charge is 0.391 e. The van der Waals surface area contributed by atoms with E-state index in [9.17, 15) is 19.1 Å². The summed E-state index contributed by atoms with van der Waals surface area (Å²) < 4.78 is 25.2. The summed E-state index contributed by atoms with van der Waals surface area (Å²) in [5, 5.41) is 16.7. The third-order valence-corrected chi connectivity index (χ3v) is 9.19. The van der Waals surface area contributed by atoms with Gasteiger partial charge in [0, 0.05) is 17.3 Å². The van der Waals surface area contributed by atoms with Gasteiger partial charge >= 0.3 is 0 Å². The zero-order valence-corrected chi connectivity index (χ0v) is 21.1. The van der Waals surface area contributed by atoms with Gasteiger partial charge in [0.05, 0.1) is 29.2 Å². The minimum atomic E-state index is -1.12. The van der Waals surface area contributed by atoms with Gasteiger partial charge in [0.15, 0.2) is 0 Å². The summed E-state index contributed by atoms with van der Waals surface area (Å²) in [5.74, 6) is -0.467. The third-order valence-electron chi connectivity index (χ3n) is 8.26. The van der Waals surface area contributed by atoms with E-state index in [1.165, 1.54) is 0 Å². The summed E-state index contributed by atoms with van der Waals surface area (Å²) in [6.07, 6.45) is 5.72. The molecule has 5 aliphatic rings. The molecule has 0 aliphatic heterocycles. The molecule has 0 heterocycles. The van der Waals surface area contributed by atoms with Crippen molar-refractivity contribution in [2.45, 2.75) is 123 Å². The van der Waals surface area contributed by atoms with E-state index in [1.807, 2.05) is 0 Å². The first-order valence-corrected chi connectivity index (χ1v) is 13.5. The number of amides is 2. The molecule has 10 heteroatoms. The molecule has 0 radical (unpaired) electrons. The van der Waals surface area contributed by atoms with Crippen LogP contribution >= 0.6 is 23.2 Å². The van der Waals surface area contributed by atoms with E-state index in [4.69, 9.17) is 32.7 Å². The number of hydrogen-bond donors (Lipinski definition) is 3. The molecular weight excluding hydrogens is 486 g/mol. The lowest BCUT2D eigenvalue weighted by atomic mass is 9.60. The fourth-order valence-corrected chi connectivity index (χ4v) is 6.56. The molecule has 0 aromatic carbocycles. The van der Waals surface area contributed by atoms with Crippen molar-refractivity contribution in [1.82, 2.24) is 10.6 Å². The summed E-state index contributed by atoms with van der Waals surface area (Å²) >= 11 is 12.0. The standard InChI is InChI=1S/C24H37Cl2FN2O5/c25-15-1-3-16(4-2-15)33-13-21(31)28-23-7-9-24(10-8-23,20(30)12-23)29-22(32)14-34-17-5-6-18(26)19(27)11-17/h15-20,30H,1-14H2,(H,28,31)(H,29,32)/t15?,16?,17?,18?,19?,20-,23?,24?/m0/s1. The Morgan fingerprint density at radius 2 is 1.47 bits per heavy atom. The average Bonchev–Trinajstić information content (AvgIpc) is 2.81. The van der Waals surface area contributed by atoms with Crippen molar-refractivity contribution >= 4 is 35.0 Å². The van der Waals surface area contributed by atoms with E-state index >= 15 is 0 Å². The predicted octanol–water partition coefficient (Wildman–Crippen LogP) is 3.12. The smallest absolute Gasteiger partial charge is 0.246 e. The van der Waals surface area contributed by atoms with Crippen molar-refractivity contribution in [1.29, 1.82) is 0 Å². The molecule has 0 spiro atoms. The Kier molecular flexibility index (Phi) is 8.66. The lowest BCUT2D eigenvalue weighted by Crippen LogP contribution is -2.70. The Morgan fingerprint density at radius 3 is 2.09 bits per heavy atom. The predicted molar refractivity (Wildman–Crippen MR) is 127 cm³/mol. The number of fused-ring (bicyclic) bond motifs is 3. The Balaban J connectivity index is 1.20. The van der Waals surface area contributed by atoms with E-state index < -0.39 is 28.7 Å². The van der Waals surface area contributed by atoms with Crippen molar-refractivity contribution in [2.24, 2.45) is 0 Å². The minimum Gasteiger partial charge on any atom is -0.391 e. The Bertz CT molecular complexity index is 728. The molecule has 4 atom stereocenters. The van der Waals surface area contributed by atoms with Gasteiger partial charge in [-0.3, -0.25) is 9.59 Å². The van der Waals surface area contributed by atoms with E-state index in [0.29, 0.717) is 44.9 Å². The van der Waals surface area contributed by atoms with Crippen LogP contribution in [0, 0.1) is 0 Å². The van der Waals surface area contributed by atoms with Crippen molar-refractivity contribution in [3.8, 4) is 0 Å². The highest BCUT2D eigenvalue weighted by Crippen LogP contribution is 2.47. The van der Waals surface area contributed by atoms with E-state index in [-0.39, 0.29) is 49.0 Å². The number of aliphatic hydroxyl groups excluding tert-OH is 1. The first-order chi connectivity index (χ1) is 16.2. The molecule has 0 aromatic heterocycles. The van der Waals surface area contributed by atoms with Gasteiger partial charge in [-0.15, -0.1) is 23.2 Å². The highest BCUT2D eigenvalue weighted by Gasteiger charge is 2.55. The molecular formula is C24H37Cl2FN2O5. The summed E-state index contributed by atoms with van der Waals surface area (Å²) in [4.78, 5) is 25.2. The van der Waals surface area contributed by atoms with Crippen molar-refractivity contribution < 1.29 is 28.6 Å². The zero-order chi connectivity index (χ0) is 24.3. The second kappa shape index (κ2) is 11.2. The molecule has 34 heavy (non-hydrogen) atoms. The molecule has 2 amide bonds. The molecule has 0 aromatic rings. The third kappa shape index (κ3) is 6.36. The van der Waals surface area contributed by atoms with Crippen molar-refractivity contribution in [3.63, 3.8) is 0 Å². The lowest BCUT2D eigenvalue weighted by Gasteiger charge is -2.56.